The number of amides is 2. The zero-order valence-electron chi connectivity index (χ0n) is 13.4. The molecule has 2 amide bonds. The van der Waals surface area contributed by atoms with Gasteiger partial charge in [0.25, 0.3) is 0 Å². The summed E-state index contributed by atoms with van der Waals surface area (Å²) < 4.78 is 1.80. The predicted octanol–water partition coefficient (Wildman–Crippen LogP) is 1.14. The molecule has 6 nitrogen and oxygen atoms in total. The van der Waals surface area contributed by atoms with Crippen LogP contribution in [0.1, 0.15) is 38.5 Å². The molecule has 0 radical (unpaired) electrons. The molecular formula is C17H24N4O2. The van der Waals surface area contributed by atoms with Gasteiger partial charge in [-0.25, -0.2) is 0 Å². The van der Waals surface area contributed by atoms with E-state index in [0.29, 0.717) is 31.8 Å². The van der Waals surface area contributed by atoms with Gasteiger partial charge in [0, 0.05) is 37.9 Å². The van der Waals surface area contributed by atoms with E-state index in [0.717, 1.165) is 19.4 Å². The first kappa shape index (κ1) is 14.7. The van der Waals surface area contributed by atoms with Crippen LogP contribution in [0, 0.1) is 11.8 Å². The maximum Gasteiger partial charge on any atom is 0.248 e. The largest absolute Gasteiger partial charge is 0.354 e. The number of hydrogen-bond acceptors (Lipinski definition) is 3. The van der Waals surface area contributed by atoms with Gasteiger partial charge >= 0.3 is 0 Å². The Morgan fingerprint density at radius 1 is 1.17 bits per heavy atom. The van der Waals surface area contributed by atoms with Crippen molar-refractivity contribution in [2.24, 2.45) is 11.8 Å². The SMILES string of the molecule is O=C(C1CC1)N1CCC(C(=O)NCC2CC2)(n2cccn2)CC1. The lowest BCUT2D eigenvalue weighted by molar-refractivity contribution is -0.140. The highest BCUT2D eigenvalue weighted by Crippen LogP contribution is 2.35. The Kier molecular flexibility index (Phi) is 3.62. The summed E-state index contributed by atoms with van der Waals surface area (Å²) in [5.74, 6) is 1.24. The van der Waals surface area contributed by atoms with Crippen molar-refractivity contribution in [1.82, 2.24) is 20.0 Å². The Labute approximate surface area is 136 Å². The van der Waals surface area contributed by atoms with Gasteiger partial charge < -0.3 is 10.2 Å². The molecule has 23 heavy (non-hydrogen) atoms. The first-order chi connectivity index (χ1) is 11.2. The van der Waals surface area contributed by atoms with Gasteiger partial charge in [0.05, 0.1) is 0 Å². The van der Waals surface area contributed by atoms with Gasteiger partial charge in [-0.3, -0.25) is 14.3 Å². The van der Waals surface area contributed by atoms with Crippen LogP contribution < -0.4 is 5.32 Å². The number of aromatic nitrogens is 2. The summed E-state index contributed by atoms with van der Waals surface area (Å²) in [5, 5.41) is 7.47. The second-order valence-corrected chi connectivity index (χ2v) is 7.24. The average molecular weight is 316 g/mol. The lowest BCUT2D eigenvalue weighted by Gasteiger charge is -2.40. The summed E-state index contributed by atoms with van der Waals surface area (Å²) in [4.78, 5) is 27.1. The fourth-order valence-corrected chi connectivity index (χ4v) is 3.49. The Bertz CT molecular complexity index is 582. The van der Waals surface area contributed by atoms with Crippen molar-refractivity contribution in [2.45, 2.75) is 44.1 Å². The second kappa shape index (κ2) is 5.65. The summed E-state index contributed by atoms with van der Waals surface area (Å²) in [5.41, 5.74) is -0.640. The van der Waals surface area contributed by atoms with Gasteiger partial charge in [0.15, 0.2) is 0 Å². The van der Waals surface area contributed by atoms with Gasteiger partial charge in [-0.2, -0.15) is 5.10 Å². The Morgan fingerprint density at radius 2 is 1.91 bits per heavy atom. The van der Waals surface area contributed by atoms with Crippen molar-refractivity contribution < 1.29 is 9.59 Å². The molecule has 1 N–H and O–H groups in total. The van der Waals surface area contributed by atoms with E-state index in [2.05, 4.69) is 10.4 Å². The van der Waals surface area contributed by atoms with Crippen molar-refractivity contribution in [1.29, 1.82) is 0 Å². The van der Waals surface area contributed by atoms with Crippen molar-refractivity contribution in [3.63, 3.8) is 0 Å². The number of hydrogen-bond donors (Lipinski definition) is 1. The Balaban J connectivity index is 1.47. The zero-order valence-corrected chi connectivity index (χ0v) is 13.4. The molecule has 1 saturated heterocycles. The standard InChI is InChI=1S/C17H24N4O2/c22-15(14-4-5-14)20-10-6-17(7-11-20,21-9-1-8-19-21)16(23)18-12-13-2-3-13/h1,8-9,13-14H,2-7,10-12H2,(H,18,23). The lowest BCUT2D eigenvalue weighted by atomic mass is 9.86. The molecule has 0 aromatic carbocycles. The van der Waals surface area contributed by atoms with Crippen LogP contribution in [0.2, 0.25) is 0 Å². The summed E-state index contributed by atoms with van der Waals surface area (Å²) in [6.45, 7) is 2.06. The molecule has 2 heterocycles. The molecule has 0 atom stereocenters. The molecule has 2 saturated carbocycles. The molecule has 124 valence electrons. The molecule has 2 aliphatic carbocycles. The fourth-order valence-electron chi connectivity index (χ4n) is 3.49. The normalized spacial score (nSPS) is 23.6. The third-order valence-electron chi connectivity index (χ3n) is 5.44. The first-order valence-electron chi connectivity index (χ1n) is 8.76. The topological polar surface area (TPSA) is 67.2 Å². The minimum absolute atomic E-state index is 0.0617. The van der Waals surface area contributed by atoms with Gasteiger partial charge in [0.1, 0.15) is 5.54 Å². The van der Waals surface area contributed by atoms with E-state index >= 15 is 0 Å². The highest BCUT2D eigenvalue weighted by molar-refractivity contribution is 5.85. The van der Waals surface area contributed by atoms with Crippen molar-refractivity contribution in [2.75, 3.05) is 19.6 Å². The molecule has 0 unspecified atom stereocenters. The van der Waals surface area contributed by atoms with Crippen molar-refractivity contribution in [3.05, 3.63) is 18.5 Å². The van der Waals surface area contributed by atoms with Crippen molar-refractivity contribution in [3.8, 4) is 0 Å². The van der Waals surface area contributed by atoms with Gasteiger partial charge in [0.2, 0.25) is 11.8 Å². The van der Waals surface area contributed by atoms with Crippen LogP contribution in [-0.4, -0.2) is 46.1 Å². The lowest BCUT2D eigenvalue weighted by Crippen LogP contribution is -2.56. The molecule has 1 aromatic rings. The summed E-state index contributed by atoms with van der Waals surface area (Å²) in [6, 6.07) is 1.86. The number of likely N-dealkylation sites (tertiary alicyclic amines) is 1. The highest BCUT2D eigenvalue weighted by atomic mass is 16.2. The van der Waals surface area contributed by atoms with Crippen LogP contribution in [0.15, 0.2) is 18.5 Å². The molecule has 6 heteroatoms. The molecule has 0 bridgehead atoms. The third kappa shape index (κ3) is 2.86. The molecule has 3 aliphatic rings. The molecule has 1 aliphatic heterocycles. The minimum Gasteiger partial charge on any atom is -0.354 e. The van der Waals surface area contributed by atoms with Gasteiger partial charge in [-0.05, 0) is 50.5 Å². The number of carbonyl (C=O) groups is 2. The van der Waals surface area contributed by atoms with Gasteiger partial charge in [-0.15, -0.1) is 0 Å². The van der Waals surface area contributed by atoms with Crippen molar-refractivity contribution >= 4 is 11.8 Å². The second-order valence-electron chi connectivity index (χ2n) is 7.24. The maximum absolute atomic E-state index is 12.9. The number of nitrogens with one attached hydrogen (secondary N) is 1. The van der Waals surface area contributed by atoms with E-state index in [1.807, 2.05) is 17.2 Å². The summed E-state index contributed by atoms with van der Waals surface area (Å²) in [7, 11) is 0. The summed E-state index contributed by atoms with van der Waals surface area (Å²) in [6.07, 6.45) is 9.38. The minimum atomic E-state index is -0.640. The highest BCUT2D eigenvalue weighted by Gasteiger charge is 2.46. The molecule has 0 spiro atoms. The monoisotopic (exact) mass is 316 g/mol. The molecule has 4 rings (SSSR count). The van der Waals surface area contributed by atoms with Crippen LogP contribution in [0.5, 0.6) is 0 Å². The quantitative estimate of drug-likeness (QED) is 0.886. The van der Waals surface area contributed by atoms with E-state index in [-0.39, 0.29) is 17.7 Å². The Hall–Kier alpha value is -1.85. The smallest absolute Gasteiger partial charge is 0.248 e. The first-order valence-corrected chi connectivity index (χ1v) is 8.76. The van der Waals surface area contributed by atoms with Crippen LogP contribution in [0.3, 0.4) is 0 Å². The Morgan fingerprint density at radius 3 is 2.48 bits per heavy atom. The molecule has 1 aromatic heterocycles. The third-order valence-corrected chi connectivity index (χ3v) is 5.44. The maximum atomic E-state index is 12.9. The van der Waals surface area contributed by atoms with E-state index in [1.54, 1.807) is 10.9 Å². The summed E-state index contributed by atoms with van der Waals surface area (Å²) >= 11 is 0. The van der Waals surface area contributed by atoms with E-state index in [9.17, 15) is 9.59 Å². The number of nitrogens with zero attached hydrogens (tertiary/aromatic N) is 3. The van der Waals surface area contributed by atoms with Crippen LogP contribution >= 0.6 is 0 Å². The fraction of sp³-hybridized carbons (Fsp3) is 0.706. The zero-order chi connectivity index (χ0) is 15.9. The average Bonchev–Trinajstić information content (AvgIpc) is 3.51. The number of carbonyl (C=O) groups excluding carboxylic acids is 2. The van der Waals surface area contributed by atoms with E-state index < -0.39 is 5.54 Å². The van der Waals surface area contributed by atoms with Crippen LogP contribution in [-0.2, 0) is 15.1 Å². The molecular weight excluding hydrogens is 292 g/mol. The van der Waals surface area contributed by atoms with Gasteiger partial charge in [-0.1, -0.05) is 0 Å². The molecule has 3 fully saturated rings. The number of piperidine rings is 1. The van der Waals surface area contributed by atoms with Crippen LogP contribution in [0.25, 0.3) is 0 Å². The van der Waals surface area contributed by atoms with E-state index in [1.165, 1.54) is 12.8 Å². The number of rotatable bonds is 5. The van der Waals surface area contributed by atoms with E-state index in [4.69, 9.17) is 0 Å². The predicted molar refractivity (Wildman–Crippen MR) is 84.5 cm³/mol. The van der Waals surface area contributed by atoms with Crippen LogP contribution in [0.4, 0.5) is 0 Å².